The lowest BCUT2D eigenvalue weighted by Gasteiger charge is -2.06. The lowest BCUT2D eigenvalue weighted by atomic mass is 10.1. The Labute approximate surface area is 180 Å². The van der Waals surface area contributed by atoms with Gasteiger partial charge in [0, 0.05) is 28.1 Å². The molecule has 0 saturated carbocycles. The summed E-state index contributed by atoms with van der Waals surface area (Å²) in [5, 5.41) is 15.8. The molecule has 2 heterocycles. The number of rotatable bonds is 4. The maximum atomic E-state index is 12.5. The summed E-state index contributed by atoms with van der Waals surface area (Å²) in [7, 11) is 0. The lowest BCUT2D eigenvalue weighted by Crippen LogP contribution is -2.17. The zero-order chi connectivity index (χ0) is 22.1. The lowest BCUT2D eigenvalue weighted by molar-refractivity contribution is 0.0955. The number of nitrogens with one attached hydrogen (secondary N) is 1. The average molecular weight is 410 g/mol. The highest BCUT2D eigenvalue weighted by molar-refractivity contribution is 5.99. The Morgan fingerprint density at radius 2 is 1.84 bits per heavy atom. The monoisotopic (exact) mass is 410 g/mol. The Balaban J connectivity index is 1.57. The van der Waals surface area contributed by atoms with E-state index in [9.17, 15) is 10.1 Å². The van der Waals surface area contributed by atoms with Crippen molar-refractivity contribution in [2.24, 2.45) is 5.10 Å². The van der Waals surface area contributed by atoms with Crippen molar-refractivity contribution in [1.82, 2.24) is 9.99 Å². The van der Waals surface area contributed by atoms with E-state index in [-0.39, 0.29) is 5.91 Å². The summed E-state index contributed by atoms with van der Waals surface area (Å²) >= 11 is 0. The van der Waals surface area contributed by atoms with E-state index in [4.69, 9.17) is 4.42 Å². The number of nitriles is 1. The molecular weight excluding hydrogens is 388 g/mol. The number of carbonyl (C=O) groups is 1. The highest BCUT2D eigenvalue weighted by Crippen LogP contribution is 2.28. The molecule has 4 rings (SSSR count). The second kappa shape index (κ2) is 7.96. The minimum absolute atomic E-state index is 0.278. The number of amides is 1. The first kappa shape index (κ1) is 20.2. The normalized spacial score (nSPS) is 11.2. The van der Waals surface area contributed by atoms with E-state index < -0.39 is 0 Å². The van der Waals surface area contributed by atoms with Crippen molar-refractivity contribution in [2.45, 2.75) is 27.7 Å². The number of hydrogen-bond donors (Lipinski definition) is 1. The van der Waals surface area contributed by atoms with Crippen LogP contribution >= 0.6 is 0 Å². The van der Waals surface area contributed by atoms with Crippen LogP contribution in [0.5, 0.6) is 0 Å². The molecule has 0 spiro atoms. The zero-order valence-electron chi connectivity index (χ0n) is 17.9. The third kappa shape index (κ3) is 3.62. The first-order chi connectivity index (χ1) is 14.9. The molecule has 4 aromatic rings. The van der Waals surface area contributed by atoms with E-state index in [1.165, 1.54) is 0 Å². The molecule has 6 nitrogen and oxygen atoms in total. The first-order valence-electron chi connectivity index (χ1n) is 9.92. The summed E-state index contributed by atoms with van der Waals surface area (Å²) in [6.07, 6.45) is 1.60. The summed E-state index contributed by atoms with van der Waals surface area (Å²) in [6.45, 7) is 7.58. The molecule has 0 atom stereocenters. The van der Waals surface area contributed by atoms with Gasteiger partial charge in [-0.15, -0.1) is 0 Å². The summed E-state index contributed by atoms with van der Waals surface area (Å²) in [6, 6.07) is 17.6. The van der Waals surface area contributed by atoms with Crippen molar-refractivity contribution < 1.29 is 9.21 Å². The fourth-order valence-corrected chi connectivity index (χ4v) is 3.68. The summed E-state index contributed by atoms with van der Waals surface area (Å²) in [5.41, 5.74) is 7.09. The number of hydrazone groups is 1. The standard InChI is InChI=1S/C25H22N4O2/c1-15-11-22(17(3)29(15)25-23(13-26)16(2)18(4)31-25)14-27-28-24(30)21-10-9-19-7-5-6-8-20(19)12-21/h5-12,14H,1-4H3,(H,28,30)/b27-14-. The molecule has 0 aliphatic carbocycles. The van der Waals surface area contributed by atoms with E-state index in [1.54, 1.807) is 12.3 Å². The largest absolute Gasteiger partial charge is 0.443 e. The van der Waals surface area contributed by atoms with Crippen molar-refractivity contribution in [3.05, 3.63) is 87.9 Å². The van der Waals surface area contributed by atoms with Crippen LogP contribution in [0.4, 0.5) is 0 Å². The number of nitrogens with zero attached hydrogens (tertiary/aromatic N) is 3. The van der Waals surface area contributed by atoms with Gasteiger partial charge in [0.25, 0.3) is 5.91 Å². The van der Waals surface area contributed by atoms with Gasteiger partial charge in [0.1, 0.15) is 17.4 Å². The average Bonchev–Trinajstić information content (AvgIpc) is 3.21. The van der Waals surface area contributed by atoms with Crippen LogP contribution < -0.4 is 5.43 Å². The van der Waals surface area contributed by atoms with Crippen molar-refractivity contribution in [3.63, 3.8) is 0 Å². The molecule has 6 heteroatoms. The SMILES string of the molecule is Cc1oc(-n2c(C)cc(/C=N\NC(=O)c3ccc4ccccc4c3)c2C)c(C#N)c1C. The van der Waals surface area contributed by atoms with Crippen LogP contribution in [0.3, 0.4) is 0 Å². The minimum Gasteiger partial charge on any atom is -0.443 e. The van der Waals surface area contributed by atoms with Crippen LogP contribution in [0.2, 0.25) is 0 Å². The second-order valence-electron chi connectivity index (χ2n) is 7.50. The molecule has 0 aliphatic heterocycles. The van der Waals surface area contributed by atoms with Gasteiger partial charge < -0.3 is 4.42 Å². The van der Waals surface area contributed by atoms with Gasteiger partial charge in [-0.05, 0) is 56.7 Å². The van der Waals surface area contributed by atoms with Crippen molar-refractivity contribution in [3.8, 4) is 12.0 Å². The summed E-state index contributed by atoms with van der Waals surface area (Å²) in [5.74, 6) is 0.948. The number of hydrogen-bond acceptors (Lipinski definition) is 4. The van der Waals surface area contributed by atoms with Gasteiger partial charge in [-0.2, -0.15) is 10.4 Å². The molecule has 0 bridgehead atoms. The van der Waals surface area contributed by atoms with Crippen LogP contribution in [-0.4, -0.2) is 16.7 Å². The maximum Gasteiger partial charge on any atom is 0.271 e. The van der Waals surface area contributed by atoms with E-state index in [0.29, 0.717) is 17.0 Å². The van der Waals surface area contributed by atoms with Gasteiger partial charge in [0.2, 0.25) is 5.88 Å². The van der Waals surface area contributed by atoms with Gasteiger partial charge in [0.15, 0.2) is 0 Å². The first-order valence-corrected chi connectivity index (χ1v) is 9.92. The van der Waals surface area contributed by atoms with Crippen LogP contribution in [0.1, 0.15) is 44.2 Å². The minimum atomic E-state index is -0.278. The second-order valence-corrected chi connectivity index (χ2v) is 7.50. The molecule has 1 amide bonds. The number of benzene rings is 2. The summed E-state index contributed by atoms with van der Waals surface area (Å²) in [4.78, 5) is 12.5. The molecule has 0 unspecified atom stereocenters. The molecule has 0 radical (unpaired) electrons. The Kier molecular flexibility index (Phi) is 5.18. The molecule has 31 heavy (non-hydrogen) atoms. The Morgan fingerprint density at radius 1 is 1.10 bits per heavy atom. The van der Waals surface area contributed by atoms with Crippen molar-refractivity contribution in [1.29, 1.82) is 5.26 Å². The third-order valence-electron chi connectivity index (χ3n) is 5.53. The molecule has 0 aliphatic rings. The predicted octanol–water partition coefficient (Wildman–Crippen LogP) is 5.09. The third-order valence-corrected chi connectivity index (χ3v) is 5.53. The van der Waals surface area contributed by atoms with Crippen molar-refractivity contribution in [2.75, 3.05) is 0 Å². The highest BCUT2D eigenvalue weighted by atomic mass is 16.4. The quantitative estimate of drug-likeness (QED) is 0.376. The summed E-state index contributed by atoms with van der Waals surface area (Å²) < 4.78 is 7.75. The number of furan rings is 1. The number of aryl methyl sites for hydroxylation is 2. The molecule has 1 N–H and O–H groups in total. The molecule has 2 aromatic heterocycles. The molecule has 2 aromatic carbocycles. The number of fused-ring (bicyclic) bond motifs is 1. The van der Waals surface area contributed by atoms with Crippen LogP contribution in [0, 0.1) is 39.0 Å². The number of carbonyl (C=O) groups excluding carboxylic acids is 1. The molecular formula is C25H22N4O2. The van der Waals surface area contributed by atoms with E-state index in [1.807, 2.05) is 74.7 Å². The fraction of sp³-hybridized carbons (Fsp3) is 0.160. The predicted molar refractivity (Wildman–Crippen MR) is 121 cm³/mol. The van der Waals surface area contributed by atoms with Gasteiger partial charge in [-0.1, -0.05) is 30.3 Å². The maximum absolute atomic E-state index is 12.5. The van der Waals surface area contributed by atoms with E-state index >= 15 is 0 Å². The van der Waals surface area contributed by atoms with Crippen LogP contribution in [0.25, 0.3) is 16.7 Å². The van der Waals surface area contributed by atoms with Gasteiger partial charge >= 0.3 is 0 Å². The smallest absolute Gasteiger partial charge is 0.271 e. The van der Waals surface area contributed by atoms with Crippen LogP contribution in [0.15, 0.2) is 58.0 Å². The number of aromatic nitrogens is 1. The van der Waals surface area contributed by atoms with Crippen molar-refractivity contribution >= 4 is 22.9 Å². The van der Waals surface area contributed by atoms with Gasteiger partial charge in [-0.25, -0.2) is 5.43 Å². The molecule has 0 fully saturated rings. The topological polar surface area (TPSA) is 83.3 Å². The molecule has 0 saturated heterocycles. The fourth-order valence-electron chi connectivity index (χ4n) is 3.68. The Morgan fingerprint density at radius 3 is 2.58 bits per heavy atom. The van der Waals surface area contributed by atoms with Gasteiger partial charge in [0.05, 0.1) is 6.21 Å². The van der Waals surface area contributed by atoms with E-state index in [0.717, 1.165) is 39.0 Å². The highest BCUT2D eigenvalue weighted by Gasteiger charge is 2.20. The molecule has 154 valence electrons. The zero-order valence-corrected chi connectivity index (χ0v) is 17.9. The van der Waals surface area contributed by atoms with Crippen LogP contribution in [-0.2, 0) is 0 Å². The van der Waals surface area contributed by atoms with Gasteiger partial charge in [-0.3, -0.25) is 9.36 Å². The van der Waals surface area contributed by atoms with E-state index in [2.05, 4.69) is 16.6 Å². The Bertz CT molecular complexity index is 1380. The Hall–Kier alpha value is -4.11.